The van der Waals surface area contributed by atoms with Gasteiger partial charge in [-0.1, -0.05) is 110 Å². The molecule has 7 nitrogen and oxygen atoms in total. The molecule has 0 aliphatic rings. The van der Waals surface area contributed by atoms with Crippen LogP contribution in [-0.2, 0) is 39.0 Å². The Bertz CT molecular complexity index is 1700. The summed E-state index contributed by atoms with van der Waals surface area (Å²) in [6.45, 7) is 3.96. The lowest BCUT2D eigenvalue weighted by Crippen LogP contribution is -2.53. The Kier molecular flexibility index (Phi) is 12.7. The molecule has 10 heteroatoms. The van der Waals surface area contributed by atoms with Gasteiger partial charge in [0.15, 0.2) is 0 Å². The first-order valence-electron chi connectivity index (χ1n) is 15.4. The Labute approximate surface area is 282 Å². The van der Waals surface area contributed by atoms with E-state index in [9.17, 15) is 18.0 Å². The van der Waals surface area contributed by atoms with Gasteiger partial charge < -0.3 is 10.2 Å². The number of anilines is 1. The Balaban J connectivity index is 1.79. The average molecular weight is 681 g/mol. The van der Waals surface area contributed by atoms with Crippen molar-refractivity contribution in [1.29, 1.82) is 0 Å². The molecule has 4 aromatic rings. The van der Waals surface area contributed by atoms with Gasteiger partial charge in [-0.2, -0.15) is 0 Å². The van der Waals surface area contributed by atoms with Crippen LogP contribution in [0.25, 0.3) is 0 Å². The highest BCUT2D eigenvalue weighted by atomic mass is 35.5. The van der Waals surface area contributed by atoms with Crippen LogP contribution < -0.4 is 9.62 Å². The van der Waals surface area contributed by atoms with E-state index in [1.807, 2.05) is 56.3 Å². The van der Waals surface area contributed by atoms with Crippen LogP contribution in [0.5, 0.6) is 0 Å². The van der Waals surface area contributed by atoms with Gasteiger partial charge in [-0.3, -0.25) is 13.9 Å². The standard InChI is InChI=1S/C36H39Cl2N3O4S/c1-3-5-22-39-36(43)34(24-28-12-8-6-9-13-28)40(25-29-18-21-32(37)33(38)23-29)35(42)26-41(30-19-16-27(4-2)17-20-30)46(44,45)31-14-10-7-11-15-31/h6-21,23,34H,3-5,22,24-26H2,1-2H3,(H,39,43)/t34-/m1/s1. The van der Waals surface area contributed by atoms with Gasteiger partial charge in [0.05, 0.1) is 20.6 Å². The predicted octanol–water partition coefficient (Wildman–Crippen LogP) is 7.31. The van der Waals surface area contributed by atoms with E-state index in [-0.39, 0.29) is 23.8 Å². The van der Waals surface area contributed by atoms with Gasteiger partial charge in [0.1, 0.15) is 12.6 Å². The maximum absolute atomic E-state index is 14.5. The minimum Gasteiger partial charge on any atom is -0.354 e. The van der Waals surface area contributed by atoms with E-state index in [1.54, 1.807) is 48.5 Å². The first-order chi connectivity index (χ1) is 22.1. The van der Waals surface area contributed by atoms with Gasteiger partial charge in [-0.15, -0.1) is 0 Å². The van der Waals surface area contributed by atoms with Crippen LogP contribution in [0.3, 0.4) is 0 Å². The van der Waals surface area contributed by atoms with E-state index in [2.05, 4.69) is 5.32 Å². The van der Waals surface area contributed by atoms with E-state index in [4.69, 9.17) is 23.2 Å². The summed E-state index contributed by atoms with van der Waals surface area (Å²) in [5.74, 6) is -0.868. The highest BCUT2D eigenvalue weighted by Crippen LogP contribution is 2.27. The van der Waals surface area contributed by atoms with Crippen LogP contribution in [0.2, 0.25) is 10.0 Å². The third-order valence-electron chi connectivity index (χ3n) is 7.68. The largest absolute Gasteiger partial charge is 0.354 e. The number of hydrogen-bond acceptors (Lipinski definition) is 4. The molecule has 0 saturated carbocycles. The summed E-state index contributed by atoms with van der Waals surface area (Å²) < 4.78 is 29.3. The predicted molar refractivity (Wildman–Crippen MR) is 186 cm³/mol. The fourth-order valence-corrected chi connectivity index (χ4v) is 6.80. The van der Waals surface area contributed by atoms with E-state index >= 15 is 0 Å². The van der Waals surface area contributed by atoms with Crippen molar-refractivity contribution in [3.63, 3.8) is 0 Å². The van der Waals surface area contributed by atoms with Crippen LogP contribution in [0.1, 0.15) is 43.4 Å². The van der Waals surface area contributed by atoms with Gasteiger partial charge in [-0.05, 0) is 65.9 Å². The fraction of sp³-hybridized carbons (Fsp3) is 0.278. The molecule has 0 radical (unpaired) electrons. The van der Waals surface area contributed by atoms with Gasteiger partial charge in [0.2, 0.25) is 11.8 Å². The monoisotopic (exact) mass is 679 g/mol. The lowest BCUT2D eigenvalue weighted by atomic mass is 10.0. The third-order valence-corrected chi connectivity index (χ3v) is 10.2. The number of unbranched alkanes of at least 4 members (excludes halogenated alkanes) is 1. The van der Waals surface area contributed by atoms with Crippen molar-refractivity contribution < 1.29 is 18.0 Å². The van der Waals surface area contributed by atoms with E-state index < -0.39 is 28.5 Å². The van der Waals surface area contributed by atoms with Crippen LogP contribution in [0.15, 0.2) is 108 Å². The van der Waals surface area contributed by atoms with Crippen LogP contribution in [-0.4, -0.2) is 44.3 Å². The van der Waals surface area contributed by atoms with Crippen molar-refractivity contribution >= 4 is 50.7 Å². The van der Waals surface area contributed by atoms with Gasteiger partial charge in [-0.25, -0.2) is 8.42 Å². The maximum atomic E-state index is 14.5. The number of carbonyl (C=O) groups excluding carboxylic acids is 2. The second-order valence-corrected chi connectivity index (χ2v) is 13.6. The van der Waals surface area contributed by atoms with E-state index in [0.29, 0.717) is 27.8 Å². The zero-order valence-electron chi connectivity index (χ0n) is 26.0. The molecule has 4 rings (SSSR count). The molecule has 0 aliphatic heterocycles. The third kappa shape index (κ3) is 9.12. The molecular weight excluding hydrogens is 641 g/mol. The van der Waals surface area contributed by atoms with Crippen molar-refractivity contribution in [3.8, 4) is 0 Å². The van der Waals surface area contributed by atoms with Crippen LogP contribution in [0.4, 0.5) is 5.69 Å². The van der Waals surface area contributed by atoms with E-state index in [0.717, 1.165) is 34.7 Å². The minimum atomic E-state index is -4.16. The van der Waals surface area contributed by atoms with Crippen LogP contribution >= 0.6 is 23.2 Å². The summed E-state index contributed by atoms with van der Waals surface area (Å²) >= 11 is 12.5. The molecule has 0 bridgehead atoms. The Morgan fingerprint density at radius 3 is 2.02 bits per heavy atom. The molecule has 0 aromatic heterocycles. The van der Waals surface area contributed by atoms with Crippen molar-refractivity contribution in [2.45, 2.75) is 57.0 Å². The second kappa shape index (κ2) is 16.6. The number of benzene rings is 4. The molecule has 0 aliphatic carbocycles. The van der Waals surface area contributed by atoms with Crippen LogP contribution in [0, 0.1) is 0 Å². The summed E-state index contributed by atoms with van der Waals surface area (Å²) in [4.78, 5) is 29.9. The number of nitrogens with zero attached hydrogens (tertiary/aromatic N) is 2. The molecular formula is C36H39Cl2N3O4S. The normalized spacial score (nSPS) is 11.9. The smallest absolute Gasteiger partial charge is 0.264 e. The van der Waals surface area contributed by atoms with Gasteiger partial charge >= 0.3 is 0 Å². The van der Waals surface area contributed by atoms with Crippen molar-refractivity contribution in [1.82, 2.24) is 10.2 Å². The molecule has 1 N–H and O–H groups in total. The Morgan fingerprint density at radius 1 is 0.783 bits per heavy atom. The highest BCUT2D eigenvalue weighted by molar-refractivity contribution is 7.92. The van der Waals surface area contributed by atoms with E-state index in [1.165, 1.54) is 17.0 Å². The zero-order chi connectivity index (χ0) is 33.1. The Hall–Kier alpha value is -3.85. The molecule has 242 valence electrons. The summed E-state index contributed by atoms with van der Waals surface area (Å²) in [7, 11) is -4.16. The average Bonchev–Trinajstić information content (AvgIpc) is 3.07. The van der Waals surface area contributed by atoms with Gasteiger partial charge in [0, 0.05) is 19.5 Å². The molecule has 4 aromatic carbocycles. The van der Waals surface area contributed by atoms with Crippen molar-refractivity contribution in [3.05, 3.63) is 130 Å². The number of hydrogen-bond donors (Lipinski definition) is 1. The van der Waals surface area contributed by atoms with Crippen molar-refractivity contribution in [2.75, 3.05) is 17.4 Å². The minimum absolute atomic E-state index is 0.00240. The SMILES string of the molecule is CCCCNC(=O)[C@@H](Cc1ccccc1)N(Cc1ccc(Cl)c(Cl)c1)C(=O)CN(c1ccc(CC)cc1)S(=O)(=O)c1ccccc1. The summed E-state index contributed by atoms with van der Waals surface area (Å²) in [5.41, 5.74) is 2.87. The summed E-state index contributed by atoms with van der Waals surface area (Å²) in [6.07, 6.45) is 2.67. The zero-order valence-corrected chi connectivity index (χ0v) is 28.4. The lowest BCUT2D eigenvalue weighted by Gasteiger charge is -2.34. The molecule has 0 spiro atoms. The Morgan fingerprint density at radius 2 is 1.41 bits per heavy atom. The number of aryl methyl sites for hydroxylation is 1. The number of carbonyl (C=O) groups is 2. The molecule has 1 atom stereocenters. The second-order valence-electron chi connectivity index (χ2n) is 11.0. The first kappa shape index (κ1) is 35.0. The molecule has 46 heavy (non-hydrogen) atoms. The lowest BCUT2D eigenvalue weighted by molar-refractivity contribution is -0.140. The number of nitrogens with one attached hydrogen (secondary N) is 1. The van der Waals surface area contributed by atoms with Crippen molar-refractivity contribution in [2.24, 2.45) is 0 Å². The maximum Gasteiger partial charge on any atom is 0.264 e. The number of sulfonamides is 1. The summed E-state index contributed by atoms with van der Waals surface area (Å²) in [5, 5.41) is 3.65. The number of amides is 2. The highest BCUT2D eigenvalue weighted by Gasteiger charge is 2.34. The fourth-order valence-electron chi connectivity index (χ4n) is 5.04. The molecule has 0 saturated heterocycles. The first-order valence-corrected chi connectivity index (χ1v) is 17.5. The number of rotatable bonds is 15. The molecule has 0 fully saturated rings. The topological polar surface area (TPSA) is 86.8 Å². The molecule has 2 amide bonds. The van der Waals surface area contributed by atoms with Gasteiger partial charge in [0.25, 0.3) is 10.0 Å². The molecule has 0 unspecified atom stereocenters. The quantitative estimate of drug-likeness (QED) is 0.134. The summed E-state index contributed by atoms with van der Waals surface area (Å²) in [6, 6.07) is 28.6. The molecule has 0 heterocycles. The number of halogens is 2.